The molecular formula is C19H26N3O7-. The highest BCUT2D eigenvalue weighted by atomic mass is 16.6. The van der Waals surface area contributed by atoms with Gasteiger partial charge in [-0.25, -0.2) is 0 Å². The molecule has 0 spiro atoms. The number of nitro groups is 1. The van der Waals surface area contributed by atoms with Gasteiger partial charge in [-0.3, -0.25) is 14.9 Å². The van der Waals surface area contributed by atoms with Crippen LogP contribution in [0.25, 0.3) is 0 Å². The largest absolute Gasteiger partial charge is 0.530 e. The summed E-state index contributed by atoms with van der Waals surface area (Å²) in [6, 6.07) is 4.09. The van der Waals surface area contributed by atoms with Crippen molar-refractivity contribution in [1.82, 2.24) is 9.80 Å². The summed E-state index contributed by atoms with van der Waals surface area (Å²) in [5.41, 5.74) is -0.539. The second-order valence-electron chi connectivity index (χ2n) is 7.78. The fourth-order valence-corrected chi connectivity index (χ4v) is 2.94. The average Bonchev–Trinajstić information content (AvgIpc) is 2.64. The third kappa shape index (κ3) is 5.80. The van der Waals surface area contributed by atoms with Gasteiger partial charge in [-0.2, -0.15) is 0 Å². The molecule has 1 aliphatic heterocycles. The predicted octanol–water partition coefficient (Wildman–Crippen LogP) is 1.16. The maximum Gasteiger partial charge on any atom is 0.310 e. The van der Waals surface area contributed by atoms with Gasteiger partial charge in [0.1, 0.15) is 6.09 Å². The van der Waals surface area contributed by atoms with Crippen LogP contribution in [-0.2, 0) is 16.1 Å². The van der Waals surface area contributed by atoms with E-state index < -0.39 is 22.7 Å². The lowest BCUT2D eigenvalue weighted by atomic mass is 10.0. The number of carbonyl (C=O) groups excluding carboxylic acids is 2. The first-order chi connectivity index (χ1) is 13.5. The number of morpholine rings is 1. The molecule has 1 aromatic rings. The Hall–Kier alpha value is -2.88. The molecule has 29 heavy (non-hydrogen) atoms. The summed E-state index contributed by atoms with van der Waals surface area (Å²) in [6.07, 6.45) is -2.30. The number of nitrogens with zero attached hydrogens (tertiary/aromatic N) is 3. The number of benzene rings is 1. The normalized spacial score (nSPS) is 15.5. The lowest BCUT2D eigenvalue weighted by Crippen LogP contribution is -2.50. The third-order valence-electron chi connectivity index (χ3n) is 4.57. The second kappa shape index (κ2) is 9.08. The molecule has 0 N–H and O–H groups in total. The average molecular weight is 408 g/mol. The predicted molar refractivity (Wildman–Crippen MR) is 101 cm³/mol. The van der Waals surface area contributed by atoms with E-state index >= 15 is 0 Å². The van der Waals surface area contributed by atoms with E-state index in [-0.39, 0.29) is 23.9 Å². The van der Waals surface area contributed by atoms with Gasteiger partial charge >= 0.3 is 5.69 Å². The third-order valence-corrected chi connectivity index (χ3v) is 4.57. The van der Waals surface area contributed by atoms with Crippen molar-refractivity contribution in [2.75, 3.05) is 26.3 Å². The zero-order valence-corrected chi connectivity index (χ0v) is 17.0. The molecule has 0 aliphatic carbocycles. The highest BCUT2D eigenvalue weighted by Crippen LogP contribution is 2.30. The molecule has 1 atom stereocenters. The molecule has 0 saturated carbocycles. The Morgan fingerprint density at radius 3 is 2.45 bits per heavy atom. The van der Waals surface area contributed by atoms with Gasteiger partial charge in [0, 0.05) is 31.2 Å². The van der Waals surface area contributed by atoms with Crippen molar-refractivity contribution in [3.05, 3.63) is 33.9 Å². The minimum atomic E-state index is -1.35. The lowest BCUT2D eigenvalue weighted by Gasteiger charge is -2.38. The van der Waals surface area contributed by atoms with E-state index in [4.69, 9.17) is 9.47 Å². The molecule has 2 amide bonds. The van der Waals surface area contributed by atoms with E-state index in [1.165, 1.54) is 25.1 Å². The molecule has 0 aromatic heterocycles. The fourth-order valence-electron chi connectivity index (χ4n) is 2.94. The summed E-state index contributed by atoms with van der Waals surface area (Å²) in [4.78, 5) is 37.5. The smallest absolute Gasteiger partial charge is 0.310 e. The molecule has 0 radical (unpaired) electrons. The minimum Gasteiger partial charge on any atom is -0.530 e. The molecule has 1 aliphatic rings. The number of ether oxygens (including phenoxy) is 2. The van der Waals surface area contributed by atoms with Crippen molar-refractivity contribution in [2.24, 2.45) is 0 Å². The van der Waals surface area contributed by atoms with Gasteiger partial charge in [0.05, 0.1) is 18.1 Å². The molecule has 2 rings (SSSR count). The minimum absolute atomic E-state index is 0.0357. The van der Waals surface area contributed by atoms with Gasteiger partial charge in [0.2, 0.25) is 0 Å². The Kier molecular flexibility index (Phi) is 7.02. The quantitative estimate of drug-likeness (QED) is 0.511. The summed E-state index contributed by atoms with van der Waals surface area (Å²) in [6.45, 7) is 8.36. The Bertz CT molecular complexity index is 770. The summed E-state index contributed by atoms with van der Waals surface area (Å²) < 4.78 is 10.9. The van der Waals surface area contributed by atoms with Crippen LogP contribution < -0.4 is 9.84 Å². The first kappa shape index (κ1) is 22.4. The first-order valence-corrected chi connectivity index (χ1v) is 9.30. The van der Waals surface area contributed by atoms with Crippen LogP contribution in [0.1, 0.15) is 33.3 Å². The molecule has 10 nitrogen and oxygen atoms in total. The van der Waals surface area contributed by atoms with Crippen LogP contribution in [0, 0.1) is 10.1 Å². The Labute approximate surface area is 169 Å². The number of hydrogen-bond donors (Lipinski definition) is 0. The molecular weight excluding hydrogens is 382 g/mol. The molecule has 0 unspecified atom stereocenters. The zero-order chi connectivity index (χ0) is 21.8. The number of carboxylic acid groups (broad SMARTS) is 1. The second-order valence-corrected chi connectivity index (χ2v) is 7.78. The van der Waals surface area contributed by atoms with Gasteiger partial charge < -0.3 is 29.2 Å². The van der Waals surface area contributed by atoms with Gasteiger partial charge in [0.15, 0.2) is 11.9 Å². The number of carbonyl (C=O) groups is 2. The SMILES string of the molecule is C[C@H](Oc1cc(CN(C(=O)[O-])C(C)(C)C)ccc1[N+](=O)[O-])C(=O)N1CCOCC1. The van der Waals surface area contributed by atoms with E-state index in [1.54, 1.807) is 25.7 Å². The van der Waals surface area contributed by atoms with Crippen LogP contribution in [0.5, 0.6) is 5.75 Å². The van der Waals surface area contributed by atoms with Crippen LogP contribution in [-0.4, -0.2) is 64.7 Å². The Morgan fingerprint density at radius 1 is 1.31 bits per heavy atom. The number of nitro benzene ring substituents is 1. The number of hydrogen-bond acceptors (Lipinski definition) is 7. The molecule has 160 valence electrons. The van der Waals surface area contributed by atoms with Crippen molar-refractivity contribution in [3.63, 3.8) is 0 Å². The van der Waals surface area contributed by atoms with Crippen molar-refractivity contribution >= 4 is 17.7 Å². The molecule has 0 bridgehead atoms. The molecule has 1 aromatic carbocycles. The highest BCUT2D eigenvalue weighted by molar-refractivity contribution is 5.81. The van der Waals surface area contributed by atoms with Gasteiger partial charge in [-0.1, -0.05) is 6.07 Å². The maximum atomic E-state index is 12.5. The molecule has 1 fully saturated rings. The first-order valence-electron chi connectivity index (χ1n) is 9.30. The topological polar surface area (TPSA) is 125 Å². The van der Waals surface area contributed by atoms with E-state index in [0.29, 0.717) is 31.9 Å². The lowest BCUT2D eigenvalue weighted by molar-refractivity contribution is -0.386. The molecule has 1 heterocycles. The number of amides is 2. The monoisotopic (exact) mass is 408 g/mol. The van der Waals surface area contributed by atoms with Crippen LogP contribution in [0.3, 0.4) is 0 Å². The standard InChI is InChI=1S/C19H27N3O7/c1-13(17(23)20-7-9-28-10-8-20)29-16-11-14(5-6-15(16)22(26)27)12-21(18(24)25)19(2,3)4/h5-6,11,13H,7-10,12H2,1-4H3,(H,24,25)/p-1/t13-/m0/s1. The highest BCUT2D eigenvalue weighted by Gasteiger charge is 2.27. The Morgan fingerprint density at radius 2 is 1.93 bits per heavy atom. The summed E-state index contributed by atoms with van der Waals surface area (Å²) in [5, 5.41) is 22.8. The van der Waals surface area contributed by atoms with Crippen molar-refractivity contribution in [2.45, 2.75) is 45.9 Å². The summed E-state index contributed by atoms with van der Waals surface area (Å²) >= 11 is 0. The summed E-state index contributed by atoms with van der Waals surface area (Å²) in [5.74, 6) is -0.382. The van der Waals surface area contributed by atoms with E-state index in [0.717, 1.165) is 4.90 Å². The summed E-state index contributed by atoms with van der Waals surface area (Å²) in [7, 11) is 0. The van der Waals surface area contributed by atoms with E-state index in [2.05, 4.69) is 0 Å². The van der Waals surface area contributed by atoms with Crippen LogP contribution >= 0.6 is 0 Å². The fraction of sp³-hybridized carbons (Fsp3) is 0.579. The van der Waals surface area contributed by atoms with Crippen LogP contribution in [0.2, 0.25) is 0 Å². The Balaban J connectivity index is 2.24. The van der Waals surface area contributed by atoms with Gasteiger partial charge in [-0.15, -0.1) is 0 Å². The van der Waals surface area contributed by atoms with Gasteiger partial charge in [-0.05, 0) is 39.3 Å². The van der Waals surface area contributed by atoms with E-state index in [9.17, 15) is 24.8 Å². The number of rotatable bonds is 6. The maximum absolute atomic E-state index is 12.5. The molecule has 1 saturated heterocycles. The van der Waals surface area contributed by atoms with Gasteiger partial charge in [0.25, 0.3) is 5.91 Å². The van der Waals surface area contributed by atoms with E-state index in [1.807, 2.05) is 0 Å². The van der Waals surface area contributed by atoms with Crippen molar-refractivity contribution in [3.8, 4) is 5.75 Å². The van der Waals surface area contributed by atoms with Crippen molar-refractivity contribution in [1.29, 1.82) is 0 Å². The van der Waals surface area contributed by atoms with Crippen molar-refractivity contribution < 1.29 is 29.1 Å². The van der Waals surface area contributed by atoms with Crippen LogP contribution in [0.4, 0.5) is 10.5 Å². The molecule has 10 heteroatoms. The van der Waals surface area contributed by atoms with Crippen LogP contribution in [0.15, 0.2) is 18.2 Å². The zero-order valence-electron chi connectivity index (χ0n) is 17.0.